The standard InChI is InChI=1S/C13H12BrF3N2OS/c1-8(12-10(14)4-5-21-12)19-9-2-3-11(18-6-9)20-7-13(15,16)17/h2-6,8,19H,7H2,1H3. The van der Waals surface area contributed by atoms with E-state index in [1.807, 2.05) is 18.4 Å². The van der Waals surface area contributed by atoms with Crippen LogP contribution in [0.25, 0.3) is 0 Å². The maximum Gasteiger partial charge on any atom is 0.422 e. The molecule has 0 spiro atoms. The predicted octanol–water partition coefficient (Wildman–Crippen LogP) is 5.02. The molecule has 0 aromatic carbocycles. The Labute approximate surface area is 132 Å². The smallest absolute Gasteiger partial charge is 0.422 e. The highest BCUT2D eigenvalue weighted by atomic mass is 79.9. The summed E-state index contributed by atoms with van der Waals surface area (Å²) in [6.45, 7) is 0.649. The molecular formula is C13H12BrF3N2OS. The molecule has 3 nitrogen and oxygen atoms in total. The lowest BCUT2D eigenvalue weighted by Gasteiger charge is -2.14. The summed E-state index contributed by atoms with van der Waals surface area (Å²) < 4.78 is 41.6. The molecule has 0 saturated carbocycles. The Kier molecular flexibility index (Phi) is 5.10. The van der Waals surface area contributed by atoms with Gasteiger partial charge < -0.3 is 10.1 Å². The zero-order valence-electron chi connectivity index (χ0n) is 10.9. The van der Waals surface area contributed by atoms with E-state index in [2.05, 4.69) is 31.0 Å². The second-order valence-corrected chi connectivity index (χ2v) is 6.09. The Morgan fingerprint density at radius 2 is 2.14 bits per heavy atom. The molecule has 0 saturated heterocycles. The van der Waals surface area contributed by atoms with Crippen LogP contribution in [0.2, 0.25) is 0 Å². The number of hydrogen-bond donors (Lipinski definition) is 1. The van der Waals surface area contributed by atoms with Crippen molar-refractivity contribution in [2.24, 2.45) is 0 Å². The highest BCUT2D eigenvalue weighted by Gasteiger charge is 2.28. The second kappa shape index (κ2) is 6.65. The van der Waals surface area contributed by atoms with Gasteiger partial charge in [0.2, 0.25) is 5.88 Å². The number of alkyl halides is 3. The van der Waals surface area contributed by atoms with E-state index in [1.54, 1.807) is 17.4 Å². The lowest BCUT2D eigenvalue weighted by molar-refractivity contribution is -0.154. The molecule has 114 valence electrons. The van der Waals surface area contributed by atoms with Crippen molar-refractivity contribution in [3.8, 4) is 5.88 Å². The van der Waals surface area contributed by atoms with Crippen LogP contribution >= 0.6 is 27.3 Å². The zero-order chi connectivity index (χ0) is 15.5. The fourth-order valence-electron chi connectivity index (χ4n) is 1.64. The zero-order valence-corrected chi connectivity index (χ0v) is 13.3. The fourth-order valence-corrected chi connectivity index (χ4v) is 3.36. The number of pyridine rings is 1. The average molecular weight is 381 g/mol. The van der Waals surface area contributed by atoms with Gasteiger partial charge in [-0.1, -0.05) is 0 Å². The molecule has 1 unspecified atom stereocenters. The molecule has 8 heteroatoms. The van der Waals surface area contributed by atoms with Gasteiger partial charge in [-0.15, -0.1) is 11.3 Å². The van der Waals surface area contributed by atoms with Crippen LogP contribution < -0.4 is 10.1 Å². The van der Waals surface area contributed by atoms with E-state index in [1.165, 1.54) is 12.3 Å². The molecule has 2 heterocycles. The van der Waals surface area contributed by atoms with Gasteiger partial charge in [0.1, 0.15) is 0 Å². The predicted molar refractivity (Wildman–Crippen MR) is 79.8 cm³/mol. The number of ether oxygens (including phenoxy) is 1. The SMILES string of the molecule is CC(Nc1ccc(OCC(F)(F)F)nc1)c1sccc1Br. The van der Waals surface area contributed by atoms with Gasteiger partial charge in [0.25, 0.3) is 0 Å². The van der Waals surface area contributed by atoms with E-state index in [9.17, 15) is 13.2 Å². The normalized spacial score (nSPS) is 13.0. The summed E-state index contributed by atoms with van der Waals surface area (Å²) in [7, 11) is 0. The summed E-state index contributed by atoms with van der Waals surface area (Å²) in [6.07, 6.45) is -2.91. The van der Waals surface area contributed by atoms with Gasteiger partial charge in [0.15, 0.2) is 6.61 Å². The molecule has 1 atom stereocenters. The van der Waals surface area contributed by atoms with E-state index in [0.717, 1.165) is 9.35 Å². The molecule has 0 radical (unpaired) electrons. The van der Waals surface area contributed by atoms with Crippen molar-refractivity contribution in [1.29, 1.82) is 0 Å². The Hall–Kier alpha value is -1.28. The fraction of sp³-hybridized carbons (Fsp3) is 0.308. The third kappa shape index (κ3) is 4.89. The van der Waals surface area contributed by atoms with Crippen molar-refractivity contribution in [3.63, 3.8) is 0 Å². The molecule has 2 aromatic rings. The van der Waals surface area contributed by atoms with Crippen molar-refractivity contribution in [3.05, 3.63) is 39.1 Å². The van der Waals surface area contributed by atoms with E-state index in [0.29, 0.717) is 5.69 Å². The third-order valence-electron chi connectivity index (χ3n) is 2.54. The highest BCUT2D eigenvalue weighted by molar-refractivity contribution is 9.10. The number of thiophene rings is 1. The minimum atomic E-state index is -4.36. The van der Waals surface area contributed by atoms with Crippen molar-refractivity contribution in [1.82, 2.24) is 4.98 Å². The molecule has 2 aromatic heterocycles. The minimum absolute atomic E-state index is 0.0529. The van der Waals surface area contributed by atoms with Gasteiger partial charge in [-0.25, -0.2) is 4.98 Å². The first-order valence-corrected chi connectivity index (χ1v) is 7.67. The van der Waals surface area contributed by atoms with Crippen molar-refractivity contribution < 1.29 is 17.9 Å². The largest absolute Gasteiger partial charge is 0.468 e. The number of hydrogen-bond acceptors (Lipinski definition) is 4. The molecule has 0 bridgehead atoms. The molecule has 0 aliphatic carbocycles. The maximum atomic E-state index is 12.0. The van der Waals surface area contributed by atoms with E-state index in [-0.39, 0.29) is 11.9 Å². The van der Waals surface area contributed by atoms with Crippen LogP contribution in [0.3, 0.4) is 0 Å². The number of nitrogens with one attached hydrogen (secondary N) is 1. The van der Waals surface area contributed by atoms with E-state index < -0.39 is 12.8 Å². The van der Waals surface area contributed by atoms with Crippen molar-refractivity contribution in [2.75, 3.05) is 11.9 Å². The van der Waals surface area contributed by atoms with Crippen LogP contribution in [0, 0.1) is 0 Å². The van der Waals surface area contributed by atoms with E-state index in [4.69, 9.17) is 0 Å². The van der Waals surface area contributed by atoms with Crippen LogP contribution in [-0.2, 0) is 0 Å². The first-order chi connectivity index (χ1) is 9.85. The van der Waals surface area contributed by atoms with Crippen molar-refractivity contribution >= 4 is 33.0 Å². The maximum absolute atomic E-state index is 12.0. The van der Waals surface area contributed by atoms with Gasteiger partial charge in [0, 0.05) is 15.4 Å². The molecule has 0 fully saturated rings. The molecule has 2 rings (SSSR count). The molecule has 1 N–H and O–H groups in total. The van der Waals surface area contributed by atoms with Crippen LogP contribution in [0.4, 0.5) is 18.9 Å². The molecule has 0 aliphatic rings. The number of aromatic nitrogens is 1. The number of rotatable bonds is 5. The molecule has 0 amide bonds. The summed E-state index contributed by atoms with van der Waals surface area (Å²) in [6, 6.07) is 5.06. The van der Waals surface area contributed by atoms with Crippen LogP contribution in [0.15, 0.2) is 34.2 Å². The van der Waals surface area contributed by atoms with Crippen LogP contribution in [0.5, 0.6) is 5.88 Å². The second-order valence-electron chi connectivity index (χ2n) is 4.29. The van der Waals surface area contributed by atoms with E-state index >= 15 is 0 Å². The lowest BCUT2D eigenvalue weighted by Crippen LogP contribution is -2.19. The number of halogens is 4. The first-order valence-electron chi connectivity index (χ1n) is 6.00. The minimum Gasteiger partial charge on any atom is -0.468 e. The molecule has 0 aliphatic heterocycles. The third-order valence-corrected chi connectivity index (χ3v) is 4.59. The Balaban J connectivity index is 1.95. The topological polar surface area (TPSA) is 34.1 Å². The van der Waals surface area contributed by atoms with Gasteiger partial charge in [0.05, 0.1) is 17.9 Å². The Bertz CT molecular complexity index is 586. The Morgan fingerprint density at radius 3 is 2.67 bits per heavy atom. The lowest BCUT2D eigenvalue weighted by atomic mass is 10.2. The number of anilines is 1. The summed E-state index contributed by atoms with van der Waals surface area (Å²) in [5, 5.41) is 5.20. The van der Waals surface area contributed by atoms with Gasteiger partial charge >= 0.3 is 6.18 Å². The van der Waals surface area contributed by atoms with Crippen LogP contribution in [0.1, 0.15) is 17.8 Å². The van der Waals surface area contributed by atoms with Crippen LogP contribution in [-0.4, -0.2) is 17.8 Å². The monoisotopic (exact) mass is 380 g/mol. The first kappa shape index (κ1) is 16.1. The highest BCUT2D eigenvalue weighted by Crippen LogP contribution is 2.31. The van der Waals surface area contributed by atoms with Gasteiger partial charge in [-0.2, -0.15) is 13.2 Å². The van der Waals surface area contributed by atoms with Gasteiger partial charge in [-0.3, -0.25) is 0 Å². The molecular weight excluding hydrogens is 369 g/mol. The summed E-state index contributed by atoms with van der Waals surface area (Å²) in [5.74, 6) is -0.0529. The Morgan fingerprint density at radius 1 is 1.38 bits per heavy atom. The average Bonchev–Trinajstić information content (AvgIpc) is 2.83. The summed E-state index contributed by atoms with van der Waals surface area (Å²) in [4.78, 5) is 4.98. The van der Waals surface area contributed by atoms with Crippen molar-refractivity contribution in [2.45, 2.75) is 19.1 Å². The summed E-state index contributed by atoms with van der Waals surface area (Å²) >= 11 is 5.07. The molecule has 21 heavy (non-hydrogen) atoms. The van der Waals surface area contributed by atoms with Gasteiger partial charge in [-0.05, 0) is 40.4 Å². The number of nitrogens with zero attached hydrogens (tertiary/aromatic N) is 1. The summed E-state index contributed by atoms with van der Waals surface area (Å²) in [5.41, 5.74) is 0.710. The quantitative estimate of drug-likeness (QED) is 0.790.